The van der Waals surface area contributed by atoms with Crippen molar-refractivity contribution < 1.29 is 9.59 Å². The number of nitrogens with zero attached hydrogens (tertiary/aromatic N) is 1. The zero-order valence-corrected chi connectivity index (χ0v) is 11.2. The molecule has 4 nitrogen and oxygen atoms in total. The summed E-state index contributed by atoms with van der Waals surface area (Å²) in [4.78, 5) is 26.0. The lowest BCUT2D eigenvalue weighted by molar-refractivity contribution is 0.0926. The Kier molecular flexibility index (Phi) is 2.84. The van der Waals surface area contributed by atoms with Gasteiger partial charge in [0, 0.05) is 5.56 Å². The van der Waals surface area contributed by atoms with Crippen LogP contribution in [-0.2, 0) is 0 Å². The van der Waals surface area contributed by atoms with Gasteiger partial charge in [-0.2, -0.15) is 0 Å². The first-order valence-corrected chi connectivity index (χ1v) is 6.38. The second-order valence-corrected chi connectivity index (χ2v) is 4.85. The molecule has 1 aliphatic heterocycles. The van der Waals surface area contributed by atoms with E-state index in [1.165, 1.54) is 0 Å². The maximum absolute atomic E-state index is 12.3. The Morgan fingerprint density at radius 3 is 2.10 bits per heavy atom. The molecule has 0 saturated heterocycles. The van der Waals surface area contributed by atoms with Crippen LogP contribution in [0.1, 0.15) is 26.3 Å². The Bertz CT molecular complexity index is 720. The van der Waals surface area contributed by atoms with Crippen LogP contribution in [0.4, 0.5) is 5.69 Å². The van der Waals surface area contributed by atoms with Crippen molar-refractivity contribution in [1.29, 1.82) is 0 Å². The van der Waals surface area contributed by atoms with Crippen LogP contribution < -0.4 is 10.6 Å². The minimum atomic E-state index is -0.328. The van der Waals surface area contributed by atoms with Crippen molar-refractivity contribution in [3.05, 3.63) is 65.2 Å². The molecule has 0 saturated carbocycles. The third-order valence-corrected chi connectivity index (χ3v) is 3.42. The number of fused-ring (bicyclic) bond motifs is 1. The molecular weight excluding hydrogens is 272 g/mol. The van der Waals surface area contributed by atoms with Crippen molar-refractivity contribution in [1.82, 2.24) is 0 Å². The predicted octanol–water partition coefficient (Wildman–Crippen LogP) is 2.12. The van der Waals surface area contributed by atoms with Gasteiger partial charge in [-0.25, -0.2) is 4.90 Å². The summed E-state index contributed by atoms with van der Waals surface area (Å²) in [6, 6.07) is 13.5. The summed E-state index contributed by atoms with van der Waals surface area (Å²) >= 11 is 4.91. The van der Waals surface area contributed by atoms with E-state index in [1.807, 2.05) is 0 Å². The quantitative estimate of drug-likeness (QED) is 0.677. The molecule has 0 aromatic heterocycles. The van der Waals surface area contributed by atoms with Crippen molar-refractivity contribution in [2.24, 2.45) is 5.73 Å². The Balaban J connectivity index is 2.09. The number of carbonyl (C=O) groups is 2. The van der Waals surface area contributed by atoms with E-state index >= 15 is 0 Å². The van der Waals surface area contributed by atoms with E-state index in [4.69, 9.17) is 18.0 Å². The summed E-state index contributed by atoms with van der Waals surface area (Å²) in [6.45, 7) is 0. The van der Waals surface area contributed by atoms with Crippen LogP contribution in [0.25, 0.3) is 0 Å². The van der Waals surface area contributed by atoms with Gasteiger partial charge in [0.25, 0.3) is 11.8 Å². The number of hydrogen-bond donors (Lipinski definition) is 1. The second-order valence-electron chi connectivity index (χ2n) is 4.41. The highest BCUT2D eigenvalue weighted by atomic mass is 32.1. The Hall–Kier alpha value is -2.53. The fraction of sp³-hybridized carbons (Fsp3) is 0. The Labute approximate surface area is 120 Å². The molecule has 2 N–H and O–H groups in total. The average molecular weight is 282 g/mol. The first-order chi connectivity index (χ1) is 9.59. The summed E-state index contributed by atoms with van der Waals surface area (Å²) in [6.07, 6.45) is 0. The number of amides is 2. The lowest BCUT2D eigenvalue weighted by Crippen LogP contribution is -2.29. The topological polar surface area (TPSA) is 63.4 Å². The normalized spacial score (nSPS) is 13.5. The van der Waals surface area contributed by atoms with Crippen molar-refractivity contribution in [2.75, 3.05) is 4.90 Å². The summed E-state index contributed by atoms with van der Waals surface area (Å²) in [7, 11) is 0. The molecule has 0 spiro atoms. The highest BCUT2D eigenvalue weighted by Crippen LogP contribution is 2.28. The number of benzene rings is 2. The molecule has 0 aliphatic carbocycles. The van der Waals surface area contributed by atoms with Crippen LogP contribution in [0.2, 0.25) is 0 Å². The van der Waals surface area contributed by atoms with E-state index in [-0.39, 0.29) is 16.8 Å². The number of anilines is 1. The summed E-state index contributed by atoms with van der Waals surface area (Å²) in [5.74, 6) is -0.656. The fourth-order valence-corrected chi connectivity index (χ4v) is 2.35. The Morgan fingerprint density at radius 2 is 1.55 bits per heavy atom. The van der Waals surface area contributed by atoms with Gasteiger partial charge < -0.3 is 5.73 Å². The number of carbonyl (C=O) groups excluding carboxylic acids is 2. The predicted molar refractivity (Wildman–Crippen MR) is 79.9 cm³/mol. The summed E-state index contributed by atoms with van der Waals surface area (Å²) in [5, 5.41) is 0. The molecule has 0 atom stereocenters. The van der Waals surface area contributed by atoms with Gasteiger partial charge in [-0.1, -0.05) is 36.5 Å². The van der Waals surface area contributed by atoms with E-state index in [1.54, 1.807) is 48.5 Å². The molecule has 5 heteroatoms. The zero-order chi connectivity index (χ0) is 14.3. The second kappa shape index (κ2) is 4.54. The lowest BCUT2D eigenvalue weighted by Gasteiger charge is -2.14. The van der Waals surface area contributed by atoms with Gasteiger partial charge in [-0.3, -0.25) is 9.59 Å². The monoisotopic (exact) mass is 282 g/mol. The van der Waals surface area contributed by atoms with E-state index < -0.39 is 0 Å². The molecule has 2 aromatic rings. The van der Waals surface area contributed by atoms with Gasteiger partial charge in [-0.15, -0.1) is 0 Å². The zero-order valence-electron chi connectivity index (χ0n) is 10.4. The van der Waals surface area contributed by atoms with Crippen molar-refractivity contribution in [2.45, 2.75) is 0 Å². The maximum atomic E-state index is 12.3. The van der Waals surface area contributed by atoms with Crippen LogP contribution in [-0.4, -0.2) is 16.8 Å². The smallest absolute Gasteiger partial charge is 0.266 e. The maximum Gasteiger partial charge on any atom is 0.266 e. The molecule has 0 bridgehead atoms. The molecule has 0 unspecified atom stereocenters. The van der Waals surface area contributed by atoms with Gasteiger partial charge >= 0.3 is 0 Å². The minimum Gasteiger partial charge on any atom is -0.389 e. The number of thiocarbonyl (C=S) groups is 1. The standard InChI is InChI=1S/C15H10N2O2S/c16-13(20)9-4-3-5-10(8-9)17-14(18)11-6-1-2-7-12(11)15(17)19/h1-8H,(H2,16,20). The highest BCUT2D eigenvalue weighted by Gasteiger charge is 2.36. The Morgan fingerprint density at radius 1 is 0.950 bits per heavy atom. The van der Waals surface area contributed by atoms with Crippen LogP contribution in [0.5, 0.6) is 0 Å². The van der Waals surface area contributed by atoms with E-state index in [0.717, 1.165) is 4.90 Å². The molecule has 0 radical (unpaired) electrons. The molecule has 98 valence electrons. The number of nitrogens with two attached hydrogens (primary N) is 1. The van der Waals surface area contributed by atoms with Crippen molar-refractivity contribution in [3.63, 3.8) is 0 Å². The van der Waals surface area contributed by atoms with E-state index in [9.17, 15) is 9.59 Å². The van der Waals surface area contributed by atoms with Gasteiger partial charge in [-0.05, 0) is 24.3 Å². The summed E-state index contributed by atoms with van der Waals surface area (Å²) < 4.78 is 0. The van der Waals surface area contributed by atoms with Crippen LogP contribution in [0.15, 0.2) is 48.5 Å². The number of hydrogen-bond acceptors (Lipinski definition) is 3. The van der Waals surface area contributed by atoms with Crippen molar-refractivity contribution in [3.8, 4) is 0 Å². The molecule has 0 fully saturated rings. The van der Waals surface area contributed by atoms with Gasteiger partial charge in [0.15, 0.2) is 0 Å². The third-order valence-electron chi connectivity index (χ3n) is 3.18. The fourth-order valence-electron chi connectivity index (χ4n) is 2.22. The average Bonchev–Trinajstić information content (AvgIpc) is 2.72. The third kappa shape index (κ3) is 1.80. The van der Waals surface area contributed by atoms with Gasteiger partial charge in [0.2, 0.25) is 0 Å². The minimum absolute atomic E-state index is 0.225. The van der Waals surface area contributed by atoms with Crippen LogP contribution in [0, 0.1) is 0 Å². The lowest BCUT2D eigenvalue weighted by atomic mass is 10.1. The van der Waals surface area contributed by atoms with Gasteiger partial charge in [0.05, 0.1) is 16.8 Å². The SMILES string of the molecule is NC(=S)c1cccc(N2C(=O)c3ccccc3C2=O)c1. The number of rotatable bonds is 2. The molecule has 1 aliphatic rings. The van der Waals surface area contributed by atoms with E-state index in [0.29, 0.717) is 22.4 Å². The summed E-state index contributed by atoms with van der Waals surface area (Å²) in [5.41, 5.74) is 7.50. The molecule has 2 aromatic carbocycles. The molecule has 2 amide bonds. The van der Waals surface area contributed by atoms with E-state index in [2.05, 4.69) is 0 Å². The van der Waals surface area contributed by atoms with Crippen LogP contribution >= 0.6 is 12.2 Å². The van der Waals surface area contributed by atoms with Gasteiger partial charge in [0.1, 0.15) is 4.99 Å². The molecule has 1 heterocycles. The highest BCUT2D eigenvalue weighted by molar-refractivity contribution is 7.80. The van der Waals surface area contributed by atoms with Crippen LogP contribution in [0.3, 0.4) is 0 Å². The number of imide groups is 1. The largest absolute Gasteiger partial charge is 0.389 e. The first-order valence-electron chi connectivity index (χ1n) is 5.97. The van der Waals surface area contributed by atoms with Crippen molar-refractivity contribution >= 4 is 34.7 Å². The molecule has 3 rings (SSSR count). The molecule has 20 heavy (non-hydrogen) atoms. The first kappa shape index (κ1) is 12.5. The molecular formula is C15H10N2O2S.